The predicted octanol–water partition coefficient (Wildman–Crippen LogP) is 3.09. The summed E-state index contributed by atoms with van der Waals surface area (Å²) in [5.74, 6) is -1.31. The van der Waals surface area contributed by atoms with Crippen LogP contribution in [-0.4, -0.2) is 48.1 Å². The number of hydrogen-bond donors (Lipinski definition) is 2. The molecule has 0 aliphatic heterocycles. The Morgan fingerprint density at radius 1 is 1.46 bits per heavy atom. The topological polar surface area (TPSA) is 79.1 Å². The van der Waals surface area contributed by atoms with Gasteiger partial charge in [-0.3, -0.25) is 9.79 Å². The predicted molar refractivity (Wildman–Crippen MR) is 99.4 cm³/mol. The molecule has 1 aromatic rings. The summed E-state index contributed by atoms with van der Waals surface area (Å²) in [5.41, 5.74) is 0.516. The first-order valence-electron chi connectivity index (χ1n) is 7.57. The van der Waals surface area contributed by atoms with Gasteiger partial charge in [-0.15, -0.1) is 0 Å². The molecular formula is C17H21FINO4. The molecule has 0 spiro atoms. The fourth-order valence-electron chi connectivity index (χ4n) is 1.92. The van der Waals surface area contributed by atoms with E-state index in [0.717, 1.165) is 15.3 Å². The average Bonchev–Trinajstić information content (AvgIpc) is 2.59. The lowest BCUT2D eigenvalue weighted by molar-refractivity contribution is 0.103. The normalized spacial score (nSPS) is 13.5. The number of allylic oxidation sites excluding steroid dienone is 1. The maximum absolute atomic E-state index is 14.2. The number of ether oxygens (including phenoxy) is 1. The Morgan fingerprint density at radius 2 is 2.17 bits per heavy atom. The van der Waals surface area contributed by atoms with Crippen LogP contribution in [0.3, 0.4) is 0 Å². The Labute approximate surface area is 154 Å². The zero-order valence-corrected chi connectivity index (χ0v) is 15.8. The number of benzene rings is 1. The minimum absolute atomic E-state index is 0.131. The number of aryl methyl sites for hydroxylation is 1. The number of Topliss-reactive ketones (excluding diaryl/α,β-unsaturated/α-hetero) is 1. The summed E-state index contributed by atoms with van der Waals surface area (Å²) in [4.78, 5) is 16.4. The number of aliphatic hydroxyl groups is 2. The van der Waals surface area contributed by atoms with Gasteiger partial charge in [0.1, 0.15) is 5.82 Å². The number of aliphatic hydroxyl groups excluding tert-OH is 2. The Morgan fingerprint density at radius 3 is 2.71 bits per heavy atom. The van der Waals surface area contributed by atoms with E-state index in [1.54, 1.807) is 0 Å². The SMILES string of the molecule is CCOC[C@@H](CO)N=CC(=CO)C(=O)c1cc(I)c(CC)cc1F. The molecule has 0 heterocycles. The summed E-state index contributed by atoms with van der Waals surface area (Å²) < 4.78 is 20.1. The van der Waals surface area contributed by atoms with Gasteiger partial charge in [0.25, 0.3) is 0 Å². The van der Waals surface area contributed by atoms with Crippen molar-refractivity contribution in [3.05, 3.63) is 44.5 Å². The van der Waals surface area contributed by atoms with E-state index in [9.17, 15) is 19.4 Å². The summed E-state index contributed by atoms with van der Waals surface area (Å²) in [6, 6.07) is 2.23. The van der Waals surface area contributed by atoms with Crippen molar-refractivity contribution in [2.24, 2.45) is 4.99 Å². The second kappa shape index (κ2) is 10.5. The largest absolute Gasteiger partial charge is 0.515 e. The van der Waals surface area contributed by atoms with Crippen LogP contribution in [-0.2, 0) is 11.2 Å². The van der Waals surface area contributed by atoms with E-state index >= 15 is 0 Å². The third-order valence-electron chi connectivity index (χ3n) is 3.31. The molecular weight excluding hydrogens is 428 g/mol. The van der Waals surface area contributed by atoms with Crippen LogP contribution in [0.15, 0.2) is 29.0 Å². The standard InChI is InChI=1S/C17H21FINO4/c1-3-11-5-15(18)14(6-16(11)19)17(23)12(8-21)7-20-13(9-22)10-24-4-2/h5-8,13,21-22H,3-4,9-10H2,1-2H3/t13-/m1/s1. The summed E-state index contributed by atoms with van der Waals surface area (Å²) in [7, 11) is 0. The van der Waals surface area contributed by atoms with Gasteiger partial charge in [0.05, 0.1) is 36.7 Å². The molecule has 0 saturated heterocycles. The minimum atomic E-state index is -0.674. The summed E-state index contributed by atoms with van der Waals surface area (Å²) >= 11 is 2.04. The van der Waals surface area contributed by atoms with Crippen molar-refractivity contribution in [2.75, 3.05) is 19.8 Å². The molecule has 0 aliphatic carbocycles. The Hall–Kier alpha value is -1.32. The highest BCUT2D eigenvalue weighted by Crippen LogP contribution is 2.20. The Balaban J connectivity index is 3.01. The second-order valence-corrected chi connectivity index (χ2v) is 6.13. The van der Waals surface area contributed by atoms with Crippen LogP contribution in [0.5, 0.6) is 0 Å². The van der Waals surface area contributed by atoms with Gasteiger partial charge < -0.3 is 14.9 Å². The number of nitrogens with zero attached hydrogens (tertiary/aromatic N) is 1. The molecule has 1 aromatic carbocycles. The van der Waals surface area contributed by atoms with Gasteiger partial charge in [-0.1, -0.05) is 6.92 Å². The average molecular weight is 449 g/mol. The lowest BCUT2D eigenvalue weighted by atomic mass is 10.0. The van der Waals surface area contributed by atoms with Crippen LogP contribution in [0.25, 0.3) is 0 Å². The molecule has 5 nitrogen and oxygen atoms in total. The second-order valence-electron chi connectivity index (χ2n) is 4.96. The molecule has 7 heteroatoms. The van der Waals surface area contributed by atoms with Crippen molar-refractivity contribution >= 4 is 34.6 Å². The highest BCUT2D eigenvalue weighted by atomic mass is 127. The summed E-state index contributed by atoms with van der Waals surface area (Å²) in [6.07, 6.45) is 2.37. The first-order chi connectivity index (χ1) is 11.5. The summed E-state index contributed by atoms with van der Waals surface area (Å²) in [6.45, 7) is 4.11. The molecule has 132 valence electrons. The Bertz CT molecular complexity index is 631. The molecule has 0 aliphatic rings. The van der Waals surface area contributed by atoms with Crippen molar-refractivity contribution in [3.63, 3.8) is 0 Å². The molecule has 1 atom stereocenters. The van der Waals surface area contributed by atoms with Crippen LogP contribution in [0.2, 0.25) is 0 Å². The van der Waals surface area contributed by atoms with E-state index in [4.69, 9.17) is 4.74 Å². The molecule has 1 rings (SSSR count). The van der Waals surface area contributed by atoms with Gasteiger partial charge in [-0.25, -0.2) is 4.39 Å². The molecule has 0 fully saturated rings. The lowest BCUT2D eigenvalue weighted by Gasteiger charge is -2.10. The fraction of sp³-hybridized carbons (Fsp3) is 0.412. The summed E-state index contributed by atoms with van der Waals surface area (Å²) in [5, 5.41) is 18.5. The number of halogens is 2. The number of aliphatic imine (C=N–C) groups is 1. The molecule has 2 N–H and O–H groups in total. The first kappa shape index (κ1) is 20.7. The van der Waals surface area contributed by atoms with E-state index in [1.807, 2.05) is 36.4 Å². The monoisotopic (exact) mass is 449 g/mol. The van der Waals surface area contributed by atoms with E-state index < -0.39 is 17.6 Å². The molecule has 0 bridgehead atoms. The van der Waals surface area contributed by atoms with Crippen LogP contribution < -0.4 is 0 Å². The minimum Gasteiger partial charge on any atom is -0.515 e. The van der Waals surface area contributed by atoms with Crippen molar-refractivity contribution < 1.29 is 24.1 Å². The van der Waals surface area contributed by atoms with Crippen LogP contribution >= 0.6 is 22.6 Å². The zero-order chi connectivity index (χ0) is 18.1. The smallest absolute Gasteiger partial charge is 0.200 e. The zero-order valence-electron chi connectivity index (χ0n) is 13.6. The van der Waals surface area contributed by atoms with Gasteiger partial charge in [0.15, 0.2) is 0 Å². The third kappa shape index (κ3) is 5.64. The van der Waals surface area contributed by atoms with Gasteiger partial charge >= 0.3 is 0 Å². The molecule has 0 radical (unpaired) electrons. The quantitative estimate of drug-likeness (QED) is 0.200. The number of ketones is 1. The van der Waals surface area contributed by atoms with Crippen molar-refractivity contribution in [1.82, 2.24) is 0 Å². The molecule has 24 heavy (non-hydrogen) atoms. The van der Waals surface area contributed by atoms with Crippen molar-refractivity contribution in [2.45, 2.75) is 26.3 Å². The number of carbonyl (C=O) groups excluding carboxylic acids is 1. The number of carbonyl (C=O) groups is 1. The molecule has 0 amide bonds. The molecule has 0 aromatic heterocycles. The van der Waals surface area contributed by atoms with Crippen LogP contribution in [0, 0.1) is 9.39 Å². The van der Waals surface area contributed by atoms with Crippen molar-refractivity contribution in [1.29, 1.82) is 0 Å². The van der Waals surface area contributed by atoms with Crippen LogP contribution in [0.4, 0.5) is 4.39 Å². The molecule has 0 saturated carbocycles. The van der Waals surface area contributed by atoms with E-state index in [1.165, 1.54) is 12.1 Å². The van der Waals surface area contributed by atoms with Gasteiger partial charge in [-0.05, 0) is 53.6 Å². The number of hydrogen-bond acceptors (Lipinski definition) is 5. The lowest BCUT2D eigenvalue weighted by Crippen LogP contribution is -2.19. The Kier molecular flexibility index (Phi) is 9.09. The maximum atomic E-state index is 14.2. The highest BCUT2D eigenvalue weighted by molar-refractivity contribution is 14.1. The van der Waals surface area contributed by atoms with Gasteiger partial charge in [0, 0.05) is 16.4 Å². The first-order valence-corrected chi connectivity index (χ1v) is 8.65. The fourth-order valence-corrected chi connectivity index (χ4v) is 2.77. The van der Waals surface area contributed by atoms with E-state index in [2.05, 4.69) is 4.99 Å². The third-order valence-corrected chi connectivity index (χ3v) is 4.32. The van der Waals surface area contributed by atoms with Crippen molar-refractivity contribution in [3.8, 4) is 0 Å². The maximum Gasteiger partial charge on any atom is 0.200 e. The van der Waals surface area contributed by atoms with Gasteiger partial charge in [-0.2, -0.15) is 0 Å². The van der Waals surface area contributed by atoms with E-state index in [-0.39, 0.29) is 24.4 Å². The van der Waals surface area contributed by atoms with E-state index in [0.29, 0.717) is 19.3 Å². The van der Waals surface area contributed by atoms with Crippen LogP contribution in [0.1, 0.15) is 29.8 Å². The van der Waals surface area contributed by atoms with Gasteiger partial charge in [0.2, 0.25) is 5.78 Å². The molecule has 0 unspecified atom stereocenters. The number of rotatable bonds is 9. The highest BCUT2D eigenvalue weighted by Gasteiger charge is 2.18.